The number of hydrogen-bond donors (Lipinski definition) is 2. The highest BCUT2D eigenvalue weighted by Gasteiger charge is 2.40. The SMILES string of the molecule is Cc1scc(C(=O)NC2(C(N)=O)CCOCC2)c1C. The van der Waals surface area contributed by atoms with Gasteiger partial charge in [-0.25, -0.2) is 0 Å². The Bertz CT molecular complexity index is 504. The summed E-state index contributed by atoms with van der Waals surface area (Å²) in [6.07, 6.45) is 0.854. The topological polar surface area (TPSA) is 81.4 Å². The minimum absolute atomic E-state index is 0.234. The van der Waals surface area contributed by atoms with Crippen molar-refractivity contribution in [1.29, 1.82) is 0 Å². The van der Waals surface area contributed by atoms with Crippen molar-refractivity contribution >= 4 is 23.2 Å². The van der Waals surface area contributed by atoms with Gasteiger partial charge >= 0.3 is 0 Å². The van der Waals surface area contributed by atoms with Crippen LogP contribution in [-0.2, 0) is 9.53 Å². The average molecular weight is 282 g/mol. The van der Waals surface area contributed by atoms with Gasteiger partial charge in [0.1, 0.15) is 5.54 Å². The number of primary amides is 1. The average Bonchev–Trinajstić information content (AvgIpc) is 2.71. The van der Waals surface area contributed by atoms with Gasteiger partial charge < -0.3 is 15.8 Å². The van der Waals surface area contributed by atoms with E-state index in [2.05, 4.69) is 5.32 Å². The van der Waals surface area contributed by atoms with Crippen LogP contribution in [0.4, 0.5) is 0 Å². The van der Waals surface area contributed by atoms with Crippen molar-refractivity contribution in [1.82, 2.24) is 5.32 Å². The highest BCUT2D eigenvalue weighted by atomic mass is 32.1. The van der Waals surface area contributed by atoms with Gasteiger partial charge in [0.05, 0.1) is 5.56 Å². The number of nitrogens with one attached hydrogen (secondary N) is 1. The molecule has 1 aliphatic heterocycles. The fraction of sp³-hybridized carbons (Fsp3) is 0.538. The fourth-order valence-corrected chi connectivity index (χ4v) is 3.04. The molecule has 104 valence electrons. The Balaban J connectivity index is 2.20. The van der Waals surface area contributed by atoms with E-state index in [0.717, 1.165) is 10.4 Å². The first kappa shape index (κ1) is 14.0. The molecule has 0 saturated carbocycles. The minimum atomic E-state index is -0.975. The molecule has 1 aromatic rings. The summed E-state index contributed by atoms with van der Waals surface area (Å²) < 4.78 is 5.23. The summed E-state index contributed by atoms with van der Waals surface area (Å²) in [6, 6.07) is 0. The molecular weight excluding hydrogens is 264 g/mol. The maximum absolute atomic E-state index is 12.3. The van der Waals surface area contributed by atoms with Crippen LogP contribution in [0.15, 0.2) is 5.38 Å². The monoisotopic (exact) mass is 282 g/mol. The lowest BCUT2D eigenvalue weighted by atomic mass is 9.89. The van der Waals surface area contributed by atoms with Crippen molar-refractivity contribution in [2.24, 2.45) is 5.73 Å². The van der Waals surface area contributed by atoms with Crippen LogP contribution in [-0.4, -0.2) is 30.6 Å². The van der Waals surface area contributed by atoms with E-state index in [4.69, 9.17) is 10.5 Å². The van der Waals surface area contributed by atoms with Gasteiger partial charge in [-0.1, -0.05) is 0 Å². The molecule has 1 saturated heterocycles. The van der Waals surface area contributed by atoms with E-state index in [1.54, 1.807) is 0 Å². The highest BCUT2D eigenvalue weighted by Crippen LogP contribution is 2.24. The van der Waals surface area contributed by atoms with Crippen molar-refractivity contribution in [2.75, 3.05) is 13.2 Å². The van der Waals surface area contributed by atoms with E-state index < -0.39 is 11.4 Å². The van der Waals surface area contributed by atoms with Crippen LogP contribution in [0.2, 0.25) is 0 Å². The van der Waals surface area contributed by atoms with Crippen LogP contribution in [0.5, 0.6) is 0 Å². The Hall–Kier alpha value is -1.40. The van der Waals surface area contributed by atoms with Crippen LogP contribution in [0.25, 0.3) is 0 Å². The van der Waals surface area contributed by atoms with Gasteiger partial charge in [0.25, 0.3) is 5.91 Å². The Morgan fingerprint density at radius 3 is 2.47 bits per heavy atom. The number of carbonyl (C=O) groups excluding carboxylic acids is 2. The second kappa shape index (κ2) is 5.30. The van der Waals surface area contributed by atoms with Crippen molar-refractivity contribution in [2.45, 2.75) is 32.2 Å². The number of carbonyl (C=O) groups is 2. The lowest BCUT2D eigenvalue weighted by molar-refractivity contribution is -0.127. The lowest BCUT2D eigenvalue weighted by Gasteiger charge is -2.34. The Morgan fingerprint density at radius 1 is 1.37 bits per heavy atom. The number of amides is 2. The highest BCUT2D eigenvalue weighted by molar-refractivity contribution is 7.10. The first-order valence-electron chi connectivity index (χ1n) is 6.21. The van der Waals surface area contributed by atoms with Crippen LogP contribution >= 0.6 is 11.3 Å². The van der Waals surface area contributed by atoms with E-state index >= 15 is 0 Å². The second-order valence-electron chi connectivity index (χ2n) is 4.84. The molecule has 3 N–H and O–H groups in total. The zero-order valence-corrected chi connectivity index (χ0v) is 11.9. The quantitative estimate of drug-likeness (QED) is 0.872. The third kappa shape index (κ3) is 2.64. The van der Waals surface area contributed by atoms with Gasteiger partial charge in [-0.3, -0.25) is 9.59 Å². The molecule has 0 unspecified atom stereocenters. The first-order valence-corrected chi connectivity index (χ1v) is 7.09. The normalized spacial score (nSPS) is 18.0. The maximum atomic E-state index is 12.3. The minimum Gasteiger partial charge on any atom is -0.381 e. The van der Waals surface area contributed by atoms with E-state index in [9.17, 15) is 9.59 Å². The summed E-state index contributed by atoms with van der Waals surface area (Å²) in [5.74, 6) is -0.726. The van der Waals surface area contributed by atoms with E-state index in [-0.39, 0.29) is 5.91 Å². The smallest absolute Gasteiger partial charge is 0.253 e. The second-order valence-corrected chi connectivity index (χ2v) is 5.93. The largest absolute Gasteiger partial charge is 0.381 e. The molecule has 1 aliphatic rings. The molecule has 0 radical (unpaired) electrons. The van der Waals surface area contributed by atoms with Gasteiger partial charge in [-0.15, -0.1) is 11.3 Å². The molecule has 5 nitrogen and oxygen atoms in total. The van der Waals surface area contributed by atoms with Crippen molar-refractivity contribution in [3.05, 3.63) is 21.4 Å². The number of nitrogens with two attached hydrogens (primary N) is 1. The molecule has 2 rings (SSSR count). The zero-order valence-electron chi connectivity index (χ0n) is 11.1. The summed E-state index contributed by atoms with van der Waals surface area (Å²) in [4.78, 5) is 25.1. The van der Waals surface area contributed by atoms with Gasteiger partial charge in [0.15, 0.2) is 0 Å². The van der Waals surface area contributed by atoms with Gasteiger partial charge in [-0.05, 0) is 19.4 Å². The molecule has 1 aromatic heterocycles. The maximum Gasteiger partial charge on any atom is 0.253 e. The molecule has 0 aromatic carbocycles. The lowest BCUT2D eigenvalue weighted by Crippen LogP contribution is -2.60. The summed E-state index contributed by atoms with van der Waals surface area (Å²) in [7, 11) is 0. The number of aryl methyl sites for hydroxylation is 1. The number of hydrogen-bond acceptors (Lipinski definition) is 4. The molecule has 1 fully saturated rings. The van der Waals surface area contributed by atoms with Crippen molar-refractivity contribution in [3.63, 3.8) is 0 Å². The summed E-state index contributed by atoms with van der Waals surface area (Å²) in [5.41, 5.74) is 6.06. The molecule has 19 heavy (non-hydrogen) atoms. The fourth-order valence-electron chi connectivity index (χ4n) is 2.18. The van der Waals surface area contributed by atoms with Gasteiger partial charge in [0, 0.05) is 36.3 Å². The number of ether oxygens (including phenoxy) is 1. The molecule has 2 heterocycles. The van der Waals surface area contributed by atoms with Gasteiger partial charge in [-0.2, -0.15) is 0 Å². The standard InChI is InChI=1S/C13H18N2O3S/c1-8-9(2)19-7-10(8)11(16)15-13(12(14)17)3-5-18-6-4-13/h7H,3-6H2,1-2H3,(H2,14,17)(H,15,16). The van der Waals surface area contributed by atoms with Crippen LogP contribution < -0.4 is 11.1 Å². The summed E-state index contributed by atoms with van der Waals surface area (Å²) in [6.45, 7) is 4.74. The Kier molecular flexibility index (Phi) is 3.91. The van der Waals surface area contributed by atoms with E-state index in [1.807, 2.05) is 19.2 Å². The predicted octanol–water partition coefficient (Wildman–Crippen LogP) is 1.13. The molecule has 0 atom stereocenters. The zero-order chi connectivity index (χ0) is 14.0. The molecule has 0 aliphatic carbocycles. The van der Waals surface area contributed by atoms with Crippen molar-refractivity contribution < 1.29 is 14.3 Å². The van der Waals surface area contributed by atoms with Crippen LogP contribution in [0.3, 0.4) is 0 Å². The van der Waals surface area contributed by atoms with E-state index in [1.165, 1.54) is 11.3 Å². The molecular formula is C13H18N2O3S. The van der Waals surface area contributed by atoms with Crippen molar-refractivity contribution in [3.8, 4) is 0 Å². The third-order valence-corrected chi connectivity index (χ3v) is 4.71. The van der Waals surface area contributed by atoms with Crippen LogP contribution in [0, 0.1) is 13.8 Å². The molecule has 0 spiro atoms. The molecule has 0 bridgehead atoms. The summed E-state index contributed by atoms with van der Waals surface area (Å²) in [5, 5.41) is 4.63. The van der Waals surface area contributed by atoms with E-state index in [0.29, 0.717) is 31.6 Å². The number of rotatable bonds is 3. The summed E-state index contributed by atoms with van der Waals surface area (Å²) >= 11 is 1.53. The third-order valence-electron chi connectivity index (χ3n) is 3.70. The Morgan fingerprint density at radius 2 is 2.00 bits per heavy atom. The number of thiophene rings is 1. The van der Waals surface area contributed by atoms with Crippen LogP contribution in [0.1, 0.15) is 33.6 Å². The molecule has 2 amide bonds. The molecule has 6 heteroatoms. The van der Waals surface area contributed by atoms with Gasteiger partial charge in [0.2, 0.25) is 5.91 Å². The first-order chi connectivity index (χ1) is 8.96. The Labute approximate surface area is 116 Å². The predicted molar refractivity (Wildman–Crippen MR) is 73.2 cm³/mol.